The number of carbonyl (C=O) groups is 1. The van der Waals surface area contributed by atoms with Crippen molar-refractivity contribution in [3.8, 4) is 0 Å². The van der Waals surface area contributed by atoms with E-state index in [4.69, 9.17) is 28.9 Å². The van der Waals surface area contributed by atoms with Gasteiger partial charge in [-0.25, -0.2) is 4.39 Å². The van der Waals surface area contributed by atoms with Crippen LogP contribution in [-0.2, 0) is 0 Å². The van der Waals surface area contributed by atoms with E-state index in [1.165, 1.54) is 6.07 Å². The highest BCUT2D eigenvalue weighted by Crippen LogP contribution is 2.34. The van der Waals surface area contributed by atoms with Crippen molar-refractivity contribution in [2.45, 2.75) is 0 Å². The Balaban J connectivity index is 2.32. The summed E-state index contributed by atoms with van der Waals surface area (Å²) in [4.78, 5) is 12.0. The molecule has 1 amide bonds. The van der Waals surface area contributed by atoms with Crippen LogP contribution < -0.4 is 11.1 Å². The molecule has 0 heterocycles. The molecule has 7 heteroatoms. The van der Waals surface area contributed by atoms with Gasteiger partial charge in [-0.2, -0.15) is 0 Å². The second-order valence-electron chi connectivity index (χ2n) is 3.97. The second-order valence-corrected chi connectivity index (χ2v) is 5.70. The molecule has 20 heavy (non-hydrogen) atoms. The Morgan fingerprint density at radius 3 is 2.30 bits per heavy atom. The van der Waals surface area contributed by atoms with Gasteiger partial charge in [0, 0.05) is 15.7 Å². The highest BCUT2D eigenvalue weighted by molar-refractivity contribution is 9.10. The molecule has 0 atom stereocenters. The molecule has 0 unspecified atom stereocenters. The molecule has 2 aromatic rings. The van der Waals surface area contributed by atoms with Crippen LogP contribution in [0.3, 0.4) is 0 Å². The number of anilines is 2. The zero-order chi connectivity index (χ0) is 14.9. The van der Waals surface area contributed by atoms with Crippen LogP contribution >= 0.6 is 39.1 Å². The lowest BCUT2D eigenvalue weighted by Crippen LogP contribution is -2.13. The largest absolute Gasteiger partial charge is 0.399 e. The van der Waals surface area contributed by atoms with E-state index in [-0.39, 0.29) is 27.0 Å². The number of nitrogens with one attached hydrogen (secondary N) is 1. The fourth-order valence-electron chi connectivity index (χ4n) is 1.59. The lowest BCUT2D eigenvalue weighted by molar-refractivity contribution is 0.102. The normalized spacial score (nSPS) is 10.4. The van der Waals surface area contributed by atoms with Gasteiger partial charge in [0.15, 0.2) is 0 Å². The molecular weight excluding hydrogens is 370 g/mol. The Morgan fingerprint density at radius 1 is 1.15 bits per heavy atom. The third-order valence-electron chi connectivity index (χ3n) is 2.43. The SMILES string of the molecule is Nc1cc(F)cc(C(=O)Nc2c(Cl)cc(Br)cc2Cl)c1. The monoisotopic (exact) mass is 376 g/mol. The minimum Gasteiger partial charge on any atom is -0.399 e. The smallest absolute Gasteiger partial charge is 0.255 e. The standard InChI is InChI=1S/C13H8BrCl2FN2O/c14-7-3-10(15)12(11(16)4-7)19-13(20)6-1-8(17)5-9(18)2-6/h1-5H,18H2,(H,19,20). The maximum absolute atomic E-state index is 13.2. The van der Waals surface area contributed by atoms with Gasteiger partial charge in [0.1, 0.15) is 5.82 Å². The number of hydrogen-bond acceptors (Lipinski definition) is 2. The van der Waals surface area contributed by atoms with Crippen LogP contribution in [0.4, 0.5) is 15.8 Å². The van der Waals surface area contributed by atoms with E-state index >= 15 is 0 Å². The molecule has 104 valence electrons. The zero-order valence-electron chi connectivity index (χ0n) is 9.88. The summed E-state index contributed by atoms with van der Waals surface area (Å²) in [7, 11) is 0. The van der Waals surface area contributed by atoms with Crippen LogP contribution in [-0.4, -0.2) is 5.91 Å². The van der Waals surface area contributed by atoms with E-state index < -0.39 is 11.7 Å². The summed E-state index contributed by atoms with van der Waals surface area (Å²) in [6.45, 7) is 0. The van der Waals surface area contributed by atoms with Crippen molar-refractivity contribution >= 4 is 56.4 Å². The highest BCUT2D eigenvalue weighted by Gasteiger charge is 2.13. The summed E-state index contributed by atoms with van der Waals surface area (Å²) in [5.41, 5.74) is 5.98. The number of carbonyl (C=O) groups excluding carboxylic acids is 1. The van der Waals surface area contributed by atoms with Crippen molar-refractivity contribution in [3.05, 3.63) is 56.2 Å². The lowest BCUT2D eigenvalue weighted by atomic mass is 10.1. The topological polar surface area (TPSA) is 55.1 Å². The molecule has 0 aliphatic rings. The molecule has 0 saturated heterocycles. The number of hydrogen-bond donors (Lipinski definition) is 2. The minimum absolute atomic E-state index is 0.0811. The van der Waals surface area contributed by atoms with E-state index in [1.807, 2.05) is 0 Å². The molecular formula is C13H8BrCl2FN2O. The van der Waals surface area contributed by atoms with Crippen molar-refractivity contribution in [2.24, 2.45) is 0 Å². The maximum atomic E-state index is 13.2. The molecule has 2 aromatic carbocycles. The molecule has 3 N–H and O–H groups in total. The van der Waals surface area contributed by atoms with Crippen molar-refractivity contribution in [1.82, 2.24) is 0 Å². The first-order chi connectivity index (χ1) is 9.36. The van der Waals surface area contributed by atoms with Crippen LogP contribution in [0.25, 0.3) is 0 Å². The number of halogens is 4. The number of nitrogens with two attached hydrogens (primary N) is 1. The second kappa shape index (κ2) is 5.99. The van der Waals surface area contributed by atoms with Crippen LogP contribution in [0, 0.1) is 5.82 Å². The van der Waals surface area contributed by atoms with Crippen LogP contribution in [0.1, 0.15) is 10.4 Å². The van der Waals surface area contributed by atoms with Gasteiger partial charge in [-0.1, -0.05) is 39.1 Å². The van der Waals surface area contributed by atoms with E-state index in [2.05, 4.69) is 21.2 Å². The summed E-state index contributed by atoms with van der Waals surface area (Å²) in [5.74, 6) is -1.15. The number of amides is 1. The summed E-state index contributed by atoms with van der Waals surface area (Å²) in [6, 6.07) is 6.73. The van der Waals surface area contributed by atoms with Crippen molar-refractivity contribution in [3.63, 3.8) is 0 Å². The average molecular weight is 378 g/mol. The van der Waals surface area contributed by atoms with Gasteiger partial charge in [-0.3, -0.25) is 4.79 Å². The van der Waals surface area contributed by atoms with Gasteiger partial charge < -0.3 is 11.1 Å². The third kappa shape index (κ3) is 3.42. The highest BCUT2D eigenvalue weighted by atomic mass is 79.9. The molecule has 0 bridgehead atoms. The van der Waals surface area contributed by atoms with Gasteiger partial charge in [0.2, 0.25) is 0 Å². The van der Waals surface area contributed by atoms with Crippen LogP contribution in [0.5, 0.6) is 0 Å². The average Bonchev–Trinajstić information content (AvgIpc) is 2.32. The van der Waals surface area contributed by atoms with Gasteiger partial charge in [0.25, 0.3) is 5.91 Å². The molecule has 3 nitrogen and oxygen atoms in total. The molecule has 0 radical (unpaired) electrons. The summed E-state index contributed by atoms with van der Waals surface area (Å²) < 4.78 is 13.9. The maximum Gasteiger partial charge on any atom is 0.255 e. The van der Waals surface area contributed by atoms with Crippen molar-refractivity contribution < 1.29 is 9.18 Å². The van der Waals surface area contributed by atoms with Gasteiger partial charge in [0.05, 0.1) is 15.7 Å². The Labute approximate surface area is 133 Å². The van der Waals surface area contributed by atoms with Crippen molar-refractivity contribution in [2.75, 3.05) is 11.1 Å². The van der Waals surface area contributed by atoms with E-state index in [9.17, 15) is 9.18 Å². The number of nitrogen functional groups attached to an aromatic ring is 1. The summed E-state index contributed by atoms with van der Waals surface area (Å²) in [5, 5.41) is 3.06. The molecule has 0 aliphatic heterocycles. The first-order valence-electron chi connectivity index (χ1n) is 5.39. The lowest BCUT2D eigenvalue weighted by Gasteiger charge is -2.10. The fraction of sp³-hybridized carbons (Fsp3) is 0. The Bertz CT molecular complexity index is 651. The predicted molar refractivity (Wildman–Crippen MR) is 82.9 cm³/mol. The molecule has 0 saturated carbocycles. The van der Waals surface area contributed by atoms with E-state index in [0.717, 1.165) is 12.1 Å². The molecule has 0 aromatic heterocycles. The van der Waals surface area contributed by atoms with E-state index in [1.54, 1.807) is 12.1 Å². The van der Waals surface area contributed by atoms with Gasteiger partial charge in [-0.05, 0) is 30.3 Å². The molecule has 2 rings (SSSR count). The van der Waals surface area contributed by atoms with E-state index in [0.29, 0.717) is 4.47 Å². The quantitative estimate of drug-likeness (QED) is 0.743. The Kier molecular flexibility index (Phi) is 4.52. The minimum atomic E-state index is -0.594. The fourth-order valence-corrected chi connectivity index (χ4v) is 2.89. The summed E-state index contributed by atoms with van der Waals surface area (Å²) >= 11 is 15.2. The third-order valence-corrected chi connectivity index (χ3v) is 3.48. The van der Waals surface area contributed by atoms with Gasteiger partial charge in [-0.15, -0.1) is 0 Å². The molecule has 0 spiro atoms. The van der Waals surface area contributed by atoms with Crippen LogP contribution in [0.15, 0.2) is 34.8 Å². The first kappa shape index (κ1) is 15.1. The Hall–Kier alpha value is -1.30. The predicted octanol–water partition coefficient (Wildman–Crippen LogP) is 4.73. The molecule has 0 aliphatic carbocycles. The Morgan fingerprint density at radius 2 is 1.75 bits per heavy atom. The van der Waals surface area contributed by atoms with Crippen LogP contribution in [0.2, 0.25) is 10.0 Å². The summed E-state index contributed by atoms with van der Waals surface area (Å²) in [6.07, 6.45) is 0. The molecule has 0 fully saturated rings. The number of rotatable bonds is 2. The number of benzene rings is 2. The zero-order valence-corrected chi connectivity index (χ0v) is 13.0. The first-order valence-corrected chi connectivity index (χ1v) is 6.93. The van der Waals surface area contributed by atoms with Gasteiger partial charge >= 0.3 is 0 Å². The van der Waals surface area contributed by atoms with Crippen molar-refractivity contribution in [1.29, 1.82) is 0 Å².